The van der Waals surface area contributed by atoms with Gasteiger partial charge in [-0.2, -0.15) is 0 Å². The maximum atomic E-state index is 14.9. The molecule has 0 fully saturated rings. The summed E-state index contributed by atoms with van der Waals surface area (Å²) >= 11 is 0. The van der Waals surface area contributed by atoms with Gasteiger partial charge >= 0.3 is 0 Å². The van der Waals surface area contributed by atoms with Gasteiger partial charge in [0.15, 0.2) is 58.2 Å². The van der Waals surface area contributed by atoms with Gasteiger partial charge in [0.25, 0.3) is 6.71 Å². The van der Waals surface area contributed by atoms with Crippen LogP contribution in [0.2, 0.25) is 0 Å². The summed E-state index contributed by atoms with van der Waals surface area (Å²) in [6.45, 7) is -0.841. The Morgan fingerprint density at radius 1 is 0.611 bits per heavy atom. The van der Waals surface area contributed by atoms with Crippen LogP contribution < -0.4 is 10.9 Å². The summed E-state index contributed by atoms with van der Waals surface area (Å²) in [5, 5.41) is 0. The average molecular weight is 518 g/mol. The van der Waals surface area contributed by atoms with E-state index in [9.17, 15) is 43.9 Å². The first-order chi connectivity index (χ1) is 17.0. The third kappa shape index (κ3) is 5.01. The molecule has 0 atom stereocenters. The van der Waals surface area contributed by atoms with Gasteiger partial charge in [0.2, 0.25) is 0 Å². The summed E-state index contributed by atoms with van der Waals surface area (Å²) in [4.78, 5) is 0. The topological polar surface area (TPSA) is 0 Å². The van der Waals surface area contributed by atoms with E-state index in [-0.39, 0.29) is 24.7 Å². The first-order valence-electron chi connectivity index (χ1n) is 10.8. The van der Waals surface area contributed by atoms with Crippen LogP contribution in [0, 0.1) is 58.2 Å². The van der Waals surface area contributed by atoms with E-state index in [1.54, 1.807) is 37.3 Å². The molecule has 190 valence electrons. The summed E-state index contributed by atoms with van der Waals surface area (Å²) < 4.78 is 143. The number of unbranched alkanes of at least 4 members (excludes halogenated alkanes) is 1. The molecular formula is C25H17BF10. The standard InChI is InChI=1S/C25H17BF10/c1-2-3-9-13(11-10-12-7-5-4-6-8-12)26(14-16(27)20(31)24(35)21(32)17(14)28)15-18(29)22(33)25(36)23(34)19(15)30/h4-9H,2-3,10-11H2,1H3/b13-9-. The molecule has 0 heterocycles. The van der Waals surface area contributed by atoms with Gasteiger partial charge in [0.1, 0.15) is 0 Å². The smallest absolute Gasteiger partial charge is 0.204 e. The Hall–Kier alpha value is -3.24. The number of allylic oxidation sites excluding steroid dienone is 2. The van der Waals surface area contributed by atoms with Crippen molar-refractivity contribution in [2.45, 2.75) is 32.6 Å². The van der Waals surface area contributed by atoms with E-state index in [1.807, 2.05) is 0 Å². The van der Waals surface area contributed by atoms with E-state index < -0.39 is 75.8 Å². The highest BCUT2D eigenvalue weighted by Crippen LogP contribution is 2.25. The van der Waals surface area contributed by atoms with Gasteiger partial charge in [0, 0.05) is 10.9 Å². The Bertz CT molecular complexity index is 1180. The lowest BCUT2D eigenvalue weighted by Gasteiger charge is -2.22. The van der Waals surface area contributed by atoms with Crippen molar-refractivity contribution in [3.8, 4) is 0 Å². The molecule has 0 aliphatic heterocycles. The van der Waals surface area contributed by atoms with Crippen molar-refractivity contribution in [1.29, 1.82) is 0 Å². The molecule has 0 amide bonds. The molecule has 0 bridgehead atoms. The number of aryl methyl sites for hydroxylation is 1. The molecule has 3 aromatic carbocycles. The van der Waals surface area contributed by atoms with Crippen molar-refractivity contribution < 1.29 is 43.9 Å². The molecule has 11 heteroatoms. The highest BCUT2D eigenvalue weighted by Gasteiger charge is 2.41. The van der Waals surface area contributed by atoms with Gasteiger partial charge in [-0.25, -0.2) is 43.9 Å². The molecule has 0 N–H and O–H groups in total. The molecule has 0 aliphatic rings. The van der Waals surface area contributed by atoms with E-state index in [0.717, 1.165) is 0 Å². The van der Waals surface area contributed by atoms with Crippen molar-refractivity contribution >= 4 is 17.6 Å². The Morgan fingerprint density at radius 3 is 1.39 bits per heavy atom. The van der Waals surface area contributed by atoms with Gasteiger partial charge in [-0.15, -0.1) is 0 Å². The summed E-state index contributed by atoms with van der Waals surface area (Å²) in [6, 6.07) is 8.27. The summed E-state index contributed by atoms with van der Waals surface area (Å²) in [5.74, 6) is -24.5. The van der Waals surface area contributed by atoms with Crippen LogP contribution in [0.15, 0.2) is 41.9 Å². The molecule has 0 unspecified atom stereocenters. The van der Waals surface area contributed by atoms with Gasteiger partial charge in [-0.05, 0) is 24.8 Å². The molecule has 0 saturated carbocycles. The summed E-state index contributed by atoms with van der Waals surface area (Å²) in [6.07, 6.45) is 1.55. The third-order valence-corrected chi connectivity index (χ3v) is 5.68. The Morgan fingerprint density at radius 2 is 1.00 bits per heavy atom. The normalized spacial score (nSPS) is 11.8. The highest BCUT2D eigenvalue weighted by molar-refractivity contribution is 6.91. The lowest BCUT2D eigenvalue weighted by atomic mass is 9.34. The molecule has 0 spiro atoms. The minimum atomic E-state index is -2.53. The largest absolute Gasteiger partial charge is 0.252 e. The van der Waals surface area contributed by atoms with Gasteiger partial charge < -0.3 is 0 Å². The molecule has 36 heavy (non-hydrogen) atoms. The minimum absolute atomic E-state index is 0.0671. The van der Waals surface area contributed by atoms with Crippen molar-refractivity contribution in [3.63, 3.8) is 0 Å². The lowest BCUT2D eigenvalue weighted by Crippen LogP contribution is -2.52. The number of halogens is 10. The number of benzene rings is 3. The molecule has 0 radical (unpaired) electrons. The van der Waals surface area contributed by atoms with E-state index in [1.165, 1.54) is 6.08 Å². The van der Waals surface area contributed by atoms with Gasteiger partial charge in [0.05, 0.1) is 0 Å². The minimum Gasteiger partial charge on any atom is -0.204 e. The average Bonchev–Trinajstić information content (AvgIpc) is 2.88. The van der Waals surface area contributed by atoms with Crippen LogP contribution in [0.25, 0.3) is 0 Å². The zero-order valence-corrected chi connectivity index (χ0v) is 18.6. The van der Waals surface area contributed by atoms with Crippen molar-refractivity contribution in [3.05, 3.63) is 106 Å². The third-order valence-electron chi connectivity index (χ3n) is 5.68. The first kappa shape index (κ1) is 27.4. The first-order valence-corrected chi connectivity index (χ1v) is 10.8. The van der Waals surface area contributed by atoms with E-state index in [0.29, 0.717) is 12.0 Å². The predicted octanol–water partition coefficient (Wildman–Crippen LogP) is 6.59. The molecule has 0 aliphatic carbocycles. The van der Waals surface area contributed by atoms with Crippen molar-refractivity contribution in [2.24, 2.45) is 0 Å². The Kier molecular flexibility index (Phi) is 8.53. The van der Waals surface area contributed by atoms with E-state index in [4.69, 9.17) is 0 Å². The monoisotopic (exact) mass is 518 g/mol. The van der Waals surface area contributed by atoms with Crippen LogP contribution in [0.5, 0.6) is 0 Å². The second-order valence-corrected chi connectivity index (χ2v) is 7.95. The molecule has 0 saturated heterocycles. The molecule has 0 aromatic heterocycles. The molecule has 3 aromatic rings. The maximum absolute atomic E-state index is 14.9. The summed E-state index contributed by atoms with van der Waals surface area (Å²) in [5.41, 5.74) is -3.09. The van der Waals surface area contributed by atoms with Crippen LogP contribution in [0.3, 0.4) is 0 Å². The Balaban J connectivity index is 2.38. The summed E-state index contributed by atoms with van der Waals surface area (Å²) in [7, 11) is 0. The fourth-order valence-corrected chi connectivity index (χ4v) is 3.89. The van der Waals surface area contributed by atoms with E-state index >= 15 is 0 Å². The molecule has 3 rings (SSSR count). The van der Waals surface area contributed by atoms with Crippen LogP contribution in [-0.4, -0.2) is 6.71 Å². The second kappa shape index (κ2) is 11.2. The number of rotatable bonds is 8. The fraction of sp³-hybridized carbons (Fsp3) is 0.200. The lowest BCUT2D eigenvalue weighted by molar-refractivity contribution is 0.382. The zero-order valence-electron chi connectivity index (χ0n) is 18.6. The van der Waals surface area contributed by atoms with Crippen LogP contribution in [0.1, 0.15) is 31.7 Å². The van der Waals surface area contributed by atoms with Crippen molar-refractivity contribution in [2.75, 3.05) is 0 Å². The van der Waals surface area contributed by atoms with Crippen LogP contribution in [-0.2, 0) is 6.42 Å². The highest BCUT2D eigenvalue weighted by atomic mass is 19.2. The van der Waals surface area contributed by atoms with Crippen LogP contribution in [0.4, 0.5) is 43.9 Å². The maximum Gasteiger partial charge on any atom is 0.252 e. The quantitative estimate of drug-likeness (QED) is 0.137. The fourth-order valence-electron chi connectivity index (χ4n) is 3.89. The second-order valence-electron chi connectivity index (χ2n) is 7.95. The zero-order chi connectivity index (χ0) is 26.7. The van der Waals surface area contributed by atoms with Gasteiger partial charge in [-0.1, -0.05) is 55.2 Å². The number of hydrogen-bond donors (Lipinski definition) is 0. The predicted molar refractivity (Wildman–Crippen MR) is 115 cm³/mol. The van der Waals surface area contributed by atoms with Crippen molar-refractivity contribution in [1.82, 2.24) is 0 Å². The molecule has 0 nitrogen and oxygen atoms in total. The molecular weight excluding hydrogens is 501 g/mol. The van der Waals surface area contributed by atoms with Crippen LogP contribution >= 0.6 is 0 Å². The van der Waals surface area contributed by atoms with E-state index in [2.05, 4.69) is 0 Å². The van der Waals surface area contributed by atoms with Gasteiger partial charge in [-0.3, -0.25) is 0 Å². The SMILES string of the molecule is CCC/C=C(/CCc1ccccc1)B(c1c(F)c(F)c(F)c(F)c1F)c1c(F)c(F)c(F)c(F)c1F. The Labute approximate surface area is 200 Å². The number of hydrogen-bond acceptors (Lipinski definition) is 0.